The van der Waals surface area contributed by atoms with Crippen LogP contribution in [0.15, 0.2) is 63.7 Å². The van der Waals surface area contributed by atoms with E-state index in [0.717, 1.165) is 10.1 Å². The van der Waals surface area contributed by atoms with Crippen LogP contribution < -0.4 is 26.2 Å². The molecule has 12 heteroatoms. The Morgan fingerprint density at radius 2 is 1.79 bits per heavy atom. The Morgan fingerprint density at radius 3 is 2.40 bits per heavy atom. The van der Waals surface area contributed by atoms with Crippen molar-refractivity contribution in [2.24, 2.45) is 5.92 Å². The molecule has 0 fully saturated rings. The maximum absolute atomic E-state index is 13.8. The number of hydrogen-bond acceptors (Lipinski definition) is 7. The van der Waals surface area contributed by atoms with Crippen molar-refractivity contribution in [1.82, 2.24) is 19.2 Å². The van der Waals surface area contributed by atoms with Gasteiger partial charge in [-0.25, -0.2) is 33.1 Å². The Bertz CT molecular complexity index is 1740. The van der Waals surface area contributed by atoms with Gasteiger partial charge in [0.15, 0.2) is 5.78 Å². The van der Waals surface area contributed by atoms with Crippen LogP contribution in [0.1, 0.15) is 63.0 Å². The number of ether oxygens (including phenoxy) is 2. The molecule has 2 aromatic carbocycles. The minimum atomic E-state index is -1.16. The number of fused-ring (bicyclic) bond motifs is 5. The molecule has 3 heterocycles. The molecular formula is C30H32N4O8. The van der Waals surface area contributed by atoms with E-state index in [1.165, 1.54) is 28.4 Å². The third-order valence-corrected chi connectivity index (χ3v) is 7.46. The molecular weight excluding hydrogens is 544 g/mol. The molecule has 220 valence electrons. The second-order valence-electron chi connectivity index (χ2n) is 11.4. The molecule has 0 aliphatic carbocycles. The molecule has 2 unspecified atom stereocenters. The highest BCUT2D eigenvalue weighted by atomic mass is 16.6. The number of carboxylic acid groups (broad SMARTS) is 1. The summed E-state index contributed by atoms with van der Waals surface area (Å²) in [5.74, 6) is -0.789. The van der Waals surface area contributed by atoms with Crippen LogP contribution >= 0.6 is 0 Å². The van der Waals surface area contributed by atoms with Crippen molar-refractivity contribution >= 4 is 17.8 Å². The summed E-state index contributed by atoms with van der Waals surface area (Å²) in [4.78, 5) is 63.0. The molecule has 0 radical (unpaired) electrons. The molecule has 0 spiro atoms. The average molecular weight is 577 g/mol. The van der Waals surface area contributed by atoms with Crippen molar-refractivity contribution < 1.29 is 29.0 Å². The van der Waals surface area contributed by atoms with E-state index in [9.17, 15) is 29.1 Å². The van der Waals surface area contributed by atoms with Crippen molar-refractivity contribution in [3.8, 4) is 17.2 Å². The van der Waals surface area contributed by atoms with Crippen LogP contribution in [0, 0.1) is 5.92 Å². The van der Waals surface area contributed by atoms with Crippen LogP contribution in [-0.4, -0.2) is 48.5 Å². The number of aliphatic carboxylic acids is 1. The first-order chi connectivity index (χ1) is 19.8. The van der Waals surface area contributed by atoms with Gasteiger partial charge in [-0.05, 0) is 75.1 Å². The predicted octanol–water partition coefficient (Wildman–Crippen LogP) is 3.29. The van der Waals surface area contributed by atoms with Crippen molar-refractivity contribution in [2.75, 3.05) is 0 Å². The highest BCUT2D eigenvalue weighted by Crippen LogP contribution is 2.47. The molecule has 5 rings (SSSR count). The number of nitrogens with one attached hydrogen (secondary N) is 1. The number of Topliss-reactive ketones (excluding diaryl/α,β-unsaturated/α-hetero) is 1. The van der Waals surface area contributed by atoms with E-state index in [0.29, 0.717) is 22.6 Å². The lowest BCUT2D eigenvalue weighted by Crippen LogP contribution is -2.46. The van der Waals surface area contributed by atoms with Gasteiger partial charge in [0.2, 0.25) is 0 Å². The molecule has 0 saturated heterocycles. The zero-order chi connectivity index (χ0) is 30.5. The number of nitrogens with zero attached hydrogens (tertiary/aromatic N) is 3. The smallest absolute Gasteiger partial charge is 0.413 e. The van der Waals surface area contributed by atoms with Gasteiger partial charge < -0.3 is 19.9 Å². The quantitative estimate of drug-likeness (QED) is 0.321. The molecule has 12 nitrogen and oxygen atoms in total. The number of aromatic nitrogens is 3. The van der Waals surface area contributed by atoms with Crippen LogP contribution in [0.5, 0.6) is 11.5 Å². The Kier molecular flexibility index (Phi) is 7.17. The monoisotopic (exact) mass is 576 g/mol. The number of carboxylic acids is 1. The Hall–Kier alpha value is -4.87. The minimum Gasteiger partial charge on any atom is -0.483 e. The molecule has 1 amide bonds. The lowest BCUT2D eigenvalue weighted by molar-refractivity contribution is -0.139. The SMILES string of the molecule is CC(=O)c1ccc(-n2c(=O)n3n(c2=O)C2C(=CC3)C(C)(C)Oc3cc(OC(=O)NC(CC(C)C)C(=O)O)ccc32)cc1. The largest absolute Gasteiger partial charge is 0.483 e. The molecule has 2 atom stereocenters. The first-order valence-electron chi connectivity index (χ1n) is 13.6. The Balaban J connectivity index is 1.51. The first-order valence-corrected chi connectivity index (χ1v) is 13.6. The van der Waals surface area contributed by atoms with Gasteiger partial charge in [0.05, 0.1) is 12.2 Å². The van der Waals surface area contributed by atoms with E-state index in [1.54, 1.807) is 30.3 Å². The summed E-state index contributed by atoms with van der Waals surface area (Å²) >= 11 is 0. The van der Waals surface area contributed by atoms with Crippen molar-refractivity contribution in [3.63, 3.8) is 0 Å². The third-order valence-electron chi connectivity index (χ3n) is 7.46. The van der Waals surface area contributed by atoms with Gasteiger partial charge in [0.1, 0.15) is 29.2 Å². The van der Waals surface area contributed by atoms with Gasteiger partial charge in [0.25, 0.3) is 0 Å². The van der Waals surface area contributed by atoms with E-state index in [2.05, 4.69) is 5.32 Å². The third kappa shape index (κ3) is 5.04. The van der Waals surface area contributed by atoms with E-state index in [4.69, 9.17) is 9.47 Å². The summed E-state index contributed by atoms with van der Waals surface area (Å²) < 4.78 is 15.5. The van der Waals surface area contributed by atoms with Crippen molar-refractivity contribution in [2.45, 2.75) is 65.3 Å². The van der Waals surface area contributed by atoms with Gasteiger partial charge in [-0.2, -0.15) is 0 Å². The molecule has 42 heavy (non-hydrogen) atoms. The molecule has 2 N–H and O–H groups in total. The van der Waals surface area contributed by atoms with E-state index >= 15 is 0 Å². The fraction of sp³-hybridized carbons (Fsp3) is 0.367. The van der Waals surface area contributed by atoms with Crippen LogP contribution in [0.2, 0.25) is 0 Å². The highest BCUT2D eigenvalue weighted by Gasteiger charge is 2.44. The van der Waals surface area contributed by atoms with Gasteiger partial charge in [0, 0.05) is 17.2 Å². The molecule has 2 aliphatic rings. The maximum atomic E-state index is 13.8. The van der Waals surface area contributed by atoms with Gasteiger partial charge in [-0.3, -0.25) is 4.79 Å². The van der Waals surface area contributed by atoms with Crippen LogP contribution in [0.25, 0.3) is 5.69 Å². The number of rotatable bonds is 7. The summed E-state index contributed by atoms with van der Waals surface area (Å²) in [6.07, 6.45) is 1.19. The molecule has 1 aromatic heterocycles. The standard InChI is InChI=1S/C30H32N4O8/c1-16(2)14-23(26(36)37)31-27(38)41-20-10-11-21-24(15-20)42-30(4,5)22-12-13-32-28(39)33(29(40)34(32)25(21)22)19-8-6-18(7-9-19)17(3)35/h6-12,15-16,23,25H,13-14H2,1-5H3,(H,31,38)(H,36,37). The number of amides is 1. The number of carbonyl (C=O) groups is 3. The van der Waals surface area contributed by atoms with E-state index in [1.807, 2.05) is 33.8 Å². The number of carbonyl (C=O) groups excluding carboxylic acids is 2. The summed E-state index contributed by atoms with van der Waals surface area (Å²) in [5.41, 5.74) is 0.203. The Labute approximate surface area is 240 Å². The van der Waals surface area contributed by atoms with Gasteiger partial charge >= 0.3 is 23.4 Å². The second-order valence-corrected chi connectivity index (χ2v) is 11.4. The van der Waals surface area contributed by atoms with Crippen LogP contribution in [0.4, 0.5) is 4.79 Å². The summed E-state index contributed by atoms with van der Waals surface area (Å²) in [6, 6.07) is 9.16. The van der Waals surface area contributed by atoms with Crippen molar-refractivity contribution in [3.05, 3.63) is 86.2 Å². The number of ketones is 1. The Morgan fingerprint density at radius 1 is 1.10 bits per heavy atom. The highest BCUT2D eigenvalue weighted by molar-refractivity contribution is 5.94. The number of benzene rings is 2. The van der Waals surface area contributed by atoms with Crippen molar-refractivity contribution in [1.29, 1.82) is 0 Å². The molecule has 2 aliphatic heterocycles. The lowest BCUT2D eigenvalue weighted by atomic mass is 9.83. The van der Waals surface area contributed by atoms with Crippen LogP contribution in [-0.2, 0) is 11.3 Å². The lowest BCUT2D eigenvalue weighted by Gasteiger charge is -2.42. The zero-order valence-electron chi connectivity index (χ0n) is 23.9. The average Bonchev–Trinajstić information content (AvgIpc) is 3.17. The predicted molar refractivity (Wildman–Crippen MR) is 152 cm³/mol. The van der Waals surface area contributed by atoms with E-state index < -0.39 is 41.1 Å². The number of allylic oxidation sites excluding steroid dienone is 1. The molecule has 3 aromatic rings. The summed E-state index contributed by atoms with van der Waals surface area (Å²) in [6.45, 7) is 8.98. The van der Waals surface area contributed by atoms with Gasteiger partial charge in [-0.1, -0.05) is 19.9 Å². The topological polar surface area (TPSA) is 151 Å². The first kappa shape index (κ1) is 28.7. The van der Waals surface area contributed by atoms with Gasteiger partial charge in [-0.15, -0.1) is 0 Å². The normalized spacial score (nSPS) is 17.2. The number of hydrogen-bond donors (Lipinski definition) is 2. The fourth-order valence-corrected chi connectivity index (χ4v) is 5.48. The fourth-order valence-electron chi connectivity index (χ4n) is 5.48. The zero-order valence-corrected chi connectivity index (χ0v) is 23.9. The van der Waals surface area contributed by atoms with Crippen LogP contribution in [0.3, 0.4) is 0 Å². The van der Waals surface area contributed by atoms with E-state index in [-0.39, 0.29) is 30.4 Å². The minimum absolute atomic E-state index is 0.0408. The summed E-state index contributed by atoms with van der Waals surface area (Å²) in [5, 5.41) is 11.8. The second kappa shape index (κ2) is 10.5. The molecule has 0 saturated carbocycles. The summed E-state index contributed by atoms with van der Waals surface area (Å²) in [7, 11) is 0. The maximum Gasteiger partial charge on any atom is 0.413 e. The molecule has 0 bridgehead atoms.